The topological polar surface area (TPSA) is 39.1 Å². The Balaban J connectivity index is 2.45. The summed E-state index contributed by atoms with van der Waals surface area (Å²) >= 11 is 5.89. The highest BCUT2D eigenvalue weighted by Gasteiger charge is 2.08. The van der Waals surface area contributed by atoms with Crippen molar-refractivity contribution in [1.82, 2.24) is 14.9 Å². The first kappa shape index (κ1) is 12.5. The summed E-state index contributed by atoms with van der Waals surface area (Å²) < 4.78 is 6.97. The molecule has 0 aliphatic carbocycles. The van der Waals surface area contributed by atoms with Crippen molar-refractivity contribution in [2.24, 2.45) is 7.05 Å². The van der Waals surface area contributed by atoms with E-state index in [0.717, 1.165) is 12.2 Å². The maximum Gasteiger partial charge on any atom is 0.128 e. The lowest BCUT2D eigenvalue weighted by Crippen LogP contribution is -2.32. The number of nitrogens with zero attached hydrogens (tertiary/aromatic N) is 2. The Morgan fingerprint density at radius 1 is 1.67 bits per heavy atom. The first-order valence-electron chi connectivity index (χ1n) is 5.07. The Labute approximate surface area is 95.6 Å². The van der Waals surface area contributed by atoms with Crippen LogP contribution < -0.4 is 5.32 Å². The number of nitrogens with one attached hydrogen (secondary N) is 1. The van der Waals surface area contributed by atoms with Gasteiger partial charge in [-0.1, -0.05) is 18.5 Å². The average molecular weight is 232 g/mol. The van der Waals surface area contributed by atoms with Crippen molar-refractivity contribution in [3.05, 3.63) is 17.2 Å². The average Bonchev–Trinajstić information content (AvgIpc) is 2.55. The third-order valence-electron chi connectivity index (χ3n) is 2.44. The first-order valence-corrected chi connectivity index (χ1v) is 5.45. The largest absolute Gasteiger partial charge is 0.383 e. The van der Waals surface area contributed by atoms with Crippen LogP contribution in [0.5, 0.6) is 0 Å². The molecule has 0 saturated heterocycles. The van der Waals surface area contributed by atoms with Crippen LogP contribution in [0, 0.1) is 0 Å². The molecular weight excluding hydrogens is 214 g/mol. The van der Waals surface area contributed by atoms with E-state index in [4.69, 9.17) is 16.3 Å². The molecule has 0 aliphatic heterocycles. The fourth-order valence-electron chi connectivity index (χ4n) is 1.35. The predicted molar refractivity (Wildman–Crippen MR) is 61.0 cm³/mol. The van der Waals surface area contributed by atoms with Crippen LogP contribution in [-0.4, -0.2) is 29.3 Å². The van der Waals surface area contributed by atoms with Gasteiger partial charge in [0.25, 0.3) is 0 Å². The molecular formula is C10H18ClN3O. The van der Waals surface area contributed by atoms with E-state index in [0.29, 0.717) is 24.3 Å². The molecule has 1 rings (SSSR count). The number of methoxy groups -OCH3 is 1. The fraction of sp³-hybridized carbons (Fsp3) is 0.700. The second kappa shape index (κ2) is 6.10. The maximum atomic E-state index is 5.89. The molecule has 0 saturated carbocycles. The Hall–Kier alpha value is -0.580. The van der Waals surface area contributed by atoms with E-state index in [1.807, 2.05) is 11.6 Å². The summed E-state index contributed by atoms with van der Waals surface area (Å²) in [5, 5.41) is 4.03. The van der Waals surface area contributed by atoms with Gasteiger partial charge >= 0.3 is 0 Å². The van der Waals surface area contributed by atoms with E-state index in [9.17, 15) is 0 Å². The van der Waals surface area contributed by atoms with Crippen molar-refractivity contribution < 1.29 is 4.74 Å². The SMILES string of the molecule is CCC(COC)NCc1ncc(Cl)n1C. The summed E-state index contributed by atoms with van der Waals surface area (Å²) in [6.07, 6.45) is 2.70. The van der Waals surface area contributed by atoms with Crippen LogP contribution >= 0.6 is 11.6 Å². The zero-order valence-electron chi connectivity index (χ0n) is 9.46. The van der Waals surface area contributed by atoms with Gasteiger partial charge in [-0.3, -0.25) is 0 Å². The van der Waals surface area contributed by atoms with E-state index in [2.05, 4.69) is 17.2 Å². The maximum absolute atomic E-state index is 5.89. The lowest BCUT2D eigenvalue weighted by Gasteiger charge is -2.15. The first-order chi connectivity index (χ1) is 7.19. The fourth-order valence-corrected chi connectivity index (χ4v) is 1.49. The number of rotatable bonds is 6. The van der Waals surface area contributed by atoms with Gasteiger partial charge in [0.1, 0.15) is 11.0 Å². The minimum Gasteiger partial charge on any atom is -0.383 e. The minimum absolute atomic E-state index is 0.366. The van der Waals surface area contributed by atoms with E-state index in [1.165, 1.54) is 0 Å². The number of imidazole rings is 1. The molecule has 15 heavy (non-hydrogen) atoms. The van der Waals surface area contributed by atoms with Crippen molar-refractivity contribution in [3.8, 4) is 0 Å². The zero-order valence-corrected chi connectivity index (χ0v) is 10.2. The van der Waals surface area contributed by atoms with Gasteiger partial charge in [-0.05, 0) is 6.42 Å². The number of aromatic nitrogens is 2. The highest BCUT2D eigenvalue weighted by molar-refractivity contribution is 6.29. The van der Waals surface area contributed by atoms with Crippen molar-refractivity contribution >= 4 is 11.6 Å². The van der Waals surface area contributed by atoms with Crippen LogP contribution in [0.3, 0.4) is 0 Å². The van der Waals surface area contributed by atoms with Crippen molar-refractivity contribution in [3.63, 3.8) is 0 Å². The molecule has 0 amide bonds. The number of hydrogen-bond acceptors (Lipinski definition) is 3. The van der Waals surface area contributed by atoms with Crippen LogP contribution in [0.15, 0.2) is 6.20 Å². The number of halogens is 1. The molecule has 5 heteroatoms. The summed E-state index contributed by atoms with van der Waals surface area (Å²) in [6.45, 7) is 3.56. The van der Waals surface area contributed by atoms with E-state index >= 15 is 0 Å². The quantitative estimate of drug-likeness (QED) is 0.808. The summed E-state index contributed by atoms with van der Waals surface area (Å²) in [7, 11) is 3.62. The molecule has 1 N–H and O–H groups in total. The van der Waals surface area contributed by atoms with Crippen LogP contribution in [0.2, 0.25) is 5.15 Å². The molecule has 86 valence electrons. The van der Waals surface area contributed by atoms with Gasteiger partial charge in [0.2, 0.25) is 0 Å². The third kappa shape index (κ3) is 3.48. The molecule has 0 bridgehead atoms. The van der Waals surface area contributed by atoms with Crippen molar-refractivity contribution in [2.45, 2.75) is 25.9 Å². The van der Waals surface area contributed by atoms with Gasteiger partial charge in [0.05, 0.1) is 19.3 Å². The Morgan fingerprint density at radius 3 is 2.87 bits per heavy atom. The third-order valence-corrected chi connectivity index (χ3v) is 2.79. The molecule has 1 atom stereocenters. The summed E-state index contributed by atoms with van der Waals surface area (Å²) in [6, 6.07) is 0.366. The number of hydrogen-bond donors (Lipinski definition) is 1. The monoisotopic (exact) mass is 231 g/mol. The van der Waals surface area contributed by atoms with Crippen LogP contribution in [-0.2, 0) is 18.3 Å². The van der Waals surface area contributed by atoms with Gasteiger partial charge in [-0.2, -0.15) is 0 Å². The molecule has 0 fully saturated rings. The second-order valence-corrected chi connectivity index (χ2v) is 3.88. The van der Waals surface area contributed by atoms with Crippen LogP contribution in [0.4, 0.5) is 0 Å². The van der Waals surface area contributed by atoms with Crippen LogP contribution in [0.1, 0.15) is 19.2 Å². The van der Waals surface area contributed by atoms with E-state index < -0.39 is 0 Å². The number of ether oxygens (including phenoxy) is 1. The van der Waals surface area contributed by atoms with Gasteiger partial charge in [0.15, 0.2) is 0 Å². The summed E-state index contributed by atoms with van der Waals surface area (Å²) in [4.78, 5) is 4.21. The Morgan fingerprint density at radius 2 is 2.40 bits per heavy atom. The van der Waals surface area contributed by atoms with Crippen molar-refractivity contribution in [1.29, 1.82) is 0 Å². The lowest BCUT2D eigenvalue weighted by atomic mass is 10.2. The Kier molecular flexibility index (Phi) is 5.08. The van der Waals surface area contributed by atoms with Gasteiger partial charge in [0, 0.05) is 20.2 Å². The molecule has 1 heterocycles. The van der Waals surface area contributed by atoms with Crippen molar-refractivity contribution in [2.75, 3.05) is 13.7 Å². The molecule has 0 aliphatic rings. The smallest absolute Gasteiger partial charge is 0.128 e. The molecule has 0 radical (unpaired) electrons. The van der Waals surface area contributed by atoms with Gasteiger partial charge in [-0.15, -0.1) is 0 Å². The van der Waals surface area contributed by atoms with E-state index in [1.54, 1.807) is 13.3 Å². The highest BCUT2D eigenvalue weighted by atomic mass is 35.5. The second-order valence-electron chi connectivity index (χ2n) is 3.50. The molecule has 1 aromatic rings. The summed E-state index contributed by atoms with van der Waals surface area (Å²) in [5.74, 6) is 0.939. The molecule has 1 aromatic heterocycles. The van der Waals surface area contributed by atoms with E-state index in [-0.39, 0.29) is 0 Å². The standard InChI is InChI=1S/C10H18ClN3O/c1-4-8(7-15-3)12-6-10-13-5-9(11)14(10)2/h5,8,12H,4,6-7H2,1-3H3. The van der Waals surface area contributed by atoms with Gasteiger partial charge < -0.3 is 14.6 Å². The van der Waals surface area contributed by atoms with Gasteiger partial charge in [-0.25, -0.2) is 4.98 Å². The zero-order chi connectivity index (χ0) is 11.3. The normalized spacial score (nSPS) is 13.1. The molecule has 1 unspecified atom stereocenters. The lowest BCUT2D eigenvalue weighted by molar-refractivity contribution is 0.163. The summed E-state index contributed by atoms with van der Waals surface area (Å²) in [5.41, 5.74) is 0. The predicted octanol–water partition coefficient (Wildman–Crippen LogP) is 1.59. The molecule has 4 nitrogen and oxygen atoms in total. The molecule has 0 aromatic carbocycles. The molecule has 0 spiro atoms. The minimum atomic E-state index is 0.366. The van der Waals surface area contributed by atoms with Crippen LogP contribution in [0.25, 0.3) is 0 Å². The highest BCUT2D eigenvalue weighted by Crippen LogP contribution is 2.08. The Bertz CT molecular complexity index is 301.